The molecule has 0 radical (unpaired) electrons. The fourth-order valence-corrected chi connectivity index (χ4v) is 3.93. The Balaban J connectivity index is 1.56. The number of aliphatic hydroxyl groups excluding tert-OH is 1. The Kier molecular flexibility index (Phi) is 9.21. The molecule has 4 aromatic rings. The molecule has 0 aliphatic heterocycles. The number of pyridine rings is 1. The van der Waals surface area contributed by atoms with Crippen molar-refractivity contribution >= 4 is 17.9 Å². The number of carbonyl (C=O) groups excluding carboxylic acids is 1. The molecule has 0 saturated heterocycles. The average Bonchev–Trinajstić information content (AvgIpc) is 2.94. The molecule has 0 unspecified atom stereocenters. The molecule has 190 valence electrons. The summed E-state index contributed by atoms with van der Waals surface area (Å²) in [6, 6.07) is 20.8. The van der Waals surface area contributed by atoms with Crippen LogP contribution in [0.1, 0.15) is 16.7 Å². The summed E-state index contributed by atoms with van der Waals surface area (Å²) in [5, 5.41) is 12.6. The molecule has 0 spiro atoms. The fourth-order valence-electron chi connectivity index (χ4n) is 3.69. The lowest BCUT2D eigenvalue weighted by Gasteiger charge is -2.17. The van der Waals surface area contributed by atoms with Gasteiger partial charge in [-0.1, -0.05) is 66.2 Å². The van der Waals surface area contributed by atoms with Gasteiger partial charge in [0, 0.05) is 47.3 Å². The molecule has 0 amide bonds. The minimum atomic E-state index is -0.722. The van der Waals surface area contributed by atoms with E-state index in [1.165, 1.54) is 0 Å². The van der Waals surface area contributed by atoms with Crippen LogP contribution in [0.25, 0.3) is 11.1 Å². The first-order valence-electron chi connectivity index (χ1n) is 11.7. The Bertz CT molecular complexity index is 1320. The standard InChI is InChI=1S/C29H26ClFN2O4/c30-26-12-23(15-33-24(16-34)17-35)27(36-18-20-6-5-11-32-14-20)13-28(26)37-19-22-9-4-10-25(29(22)31)21-7-2-1-3-8-21/h1-14,16,24,33,35H,15,17-19H2/t24-/m1/s1. The third-order valence-corrected chi connectivity index (χ3v) is 5.99. The van der Waals surface area contributed by atoms with Gasteiger partial charge < -0.3 is 24.7 Å². The van der Waals surface area contributed by atoms with Crippen molar-refractivity contribution in [3.05, 3.63) is 113 Å². The second kappa shape index (κ2) is 13.0. The van der Waals surface area contributed by atoms with E-state index in [0.717, 1.165) is 11.1 Å². The number of aromatic nitrogens is 1. The smallest absolute Gasteiger partial charge is 0.142 e. The second-order valence-electron chi connectivity index (χ2n) is 8.28. The predicted molar refractivity (Wildman–Crippen MR) is 140 cm³/mol. The lowest BCUT2D eigenvalue weighted by atomic mass is 10.0. The number of hydrogen-bond acceptors (Lipinski definition) is 6. The maximum atomic E-state index is 15.3. The lowest BCUT2D eigenvalue weighted by Crippen LogP contribution is -2.33. The molecule has 4 rings (SSSR count). The maximum Gasteiger partial charge on any atom is 0.142 e. The van der Waals surface area contributed by atoms with Crippen LogP contribution in [0, 0.1) is 5.82 Å². The second-order valence-corrected chi connectivity index (χ2v) is 8.69. The Hall–Kier alpha value is -3.78. The molecular formula is C29H26ClFN2O4. The van der Waals surface area contributed by atoms with Crippen molar-refractivity contribution in [3.8, 4) is 22.6 Å². The summed E-state index contributed by atoms with van der Waals surface area (Å²) in [7, 11) is 0. The minimum Gasteiger partial charge on any atom is -0.488 e. The van der Waals surface area contributed by atoms with Crippen molar-refractivity contribution in [2.45, 2.75) is 25.8 Å². The zero-order valence-electron chi connectivity index (χ0n) is 19.9. The number of nitrogens with one attached hydrogen (secondary N) is 1. The first-order valence-corrected chi connectivity index (χ1v) is 12.1. The van der Waals surface area contributed by atoms with Gasteiger partial charge >= 0.3 is 0 Å². The van der Waals surface area contributed by atoms with Gasteiger partial charge in [-0.05, 0) is 17.7 Å². The van der Waals surface area contributed by atoms with E-state index in [1.807, 2.05) is 42.5 Å². The molecule has 37 heavy (non-hydrogen) atoms. The summed E-state index contributed by atoms with van der Waals surface area (Å²) in [5.74, 6) is 0.435. The number of aliphatic hydroxyl groups is 1. The molecule has 0 aliphatic rings. The van der Waals surface area contributed by atoms with Gasteiger partial charge in [-0.15, -0.1) is 0 Å². The topological polar surface area (TPSA) is 80.7 Å². The highest BCUT2D eigenvalue weighted by molar-refractivity contribution is 6.32. The summed E-state index contributed by atoms with van der Waals surface area (Å²) in [6.07, 6.45) is 4.00. The molecule has 1 heterocycles. The van der Waals surface area contributed by atoms with E-state index in [0.29, 0.717) is 39.5 Å². The molecule has 1 atom stereocenters. The molecule has 2 N–H and O–H groups in total. The Morgan fingerprint density at radius 1 is 0.973 bits per heavy atom. The minimum absolute atomic E-state index is 0.0381. The Labute approximate surface area is 219 Å². The highest BCUT2D eigenvalue weighted by atomic mass is 35.5. The molecule has 0 saturated carbocycles. The SMILES string of the molecule is O=C[C@H](CO)NCc1cc(Cl)c(OCc2cccc(-c3ccccc3)c2F)cc1OCc1cccnc1. The largest absolute Gasteiger partial charge is 0.488 e. The average molecular weight is 521 g/mol. The maximum absolute atomic E-state index is 15.3. The van der Waals surface area contributed by atoms with Crippen LogP contribution in [0.3, 0.4) is 0 Å². The van der Waals surface area contributed by atoms with Gasteiger partial charge in [-0.2, -0.15) is 0 Å². The van der Waals surface area contributed by atoms with E-state index >= 15 is 4.39 Å². The van der Waals surface area contributed by atoms with Crippen LogP contribution in [-0.2, 0) is 24.6 Å². The molecule has 0 bridgehead atoms. The summed E-state index contributed by atoms with van der Waals surface area (Å²) >= 11 is 6.50. The fraction of sp³-hybridized carbons (Fsp3) is 0.172. The molecule has 0 fully saturated rings. The zero-order chi connectivity index (χ0) is 26.0. The van der Waals surface area contributed by atoms with E-state index < -0.39 is 6.04 Å². The number of halogens is 2. The third kappa shape index (κ3) is 6.92. The van der Waals surface area contributed by atoms with Gasteiger partial charge in [0.05, 0.1) is 17.7 Å². The van der Waals surface area contributed by atoms with Crippen molar-refractivity contribution in [2.75, 3.05) is 6.61 Å². The van der Waals surface area contributed by atoms with Gasteiger partial charge in [0.25, 0.3) is 0 Å². The summed E-state index contributed by atoms with van der Waals surface area (Å²) in [6.45, 7) is 0.0916. The highest BCUT2D eigenvalue weighted by Gasteiger charge is 2.16. The van der Waals surface area contributed by atoms with Crippen molar-refractivity contribution in [3.63, 3.8) is 0 Å². The molecule has 6 nitrogen and oxygen atoms in total. The lowest BCUT2D eigenvalue weighted by molar-refractivity contribution is -0.110. The normalized spacial score (nSPS) is 11.6. The van der Waals surface area contributed by atoms with Gasteiger partial charge in [-0.25, -0.2) is 4.39 Å². The van der Waals surface area contributed by atoms with Crippen molar-refractivity contribution in [2.24, 2.45) is 0 Å². The first-order chi connectivity index (χ1) is 18.1. The van der Waals surface area contributed by atoms with E-state index in [4.69, 9.17) is 21.1 Å². The van der Waals surface area contributed by atoms with Crippen LogP contribution in [0.15, 0.2) is 85.2 Å². The van der Waals surface area contributed by atoms with Crippen LogP contribution in [-0.4, -0.2) is 29.0 Å². The Morgan fingerprint density at radius 2 is 1.78 bits per heavy atom. The molecular weight excluding hydrogens is 495 g/mol. The van der Waals surface area contributed by atoms with Crippen LogP contribution >= 0.6 is 11.6 Å². The van der Waals surface area contributed by atoms with Crippen molar-refractivity contribution < 1.29 is 23.8 Å². The summed E-state index contributed by atoms with van der Waals surface area (Å²) in [5.41, 5.74) is 3.18. The molecule has 8 heteroatoms. The number of hydrogen-bond donors (Lipinski definition) is 2. The van der Waals surface area contributed by atoms with Gasteiger partial charge in [0.15, 0.2) is 0 Å². The molecule has 0 aliphatic carbocycles. The van der Waals surface area contributed by atoms with E-state index in [9.17, 15) is 9.90 Å². The van der Waals surface area contributed by atoms with Gasteiger partial charge in [-0.3, -0.25) is 4.98 Å². The number of benzene rings is 3. The van der Waals surface area contributed by atoms with Gasteiger partial charge in [0.2, 0.25) is 0 Å². The highest BCUT2D eigenvalue weighted by Crippen LogP contribution is 2.34. The van der Waals surface area contributed by atoms with E-state index in [2.05, 4.69) is 10.3 Å². The number of nitrogens with zero attached hydrogens (tertiary/aromatic N) is 1. The quantitative estimate of drug-likeness (QED) is 0.245. The van der Waals surface area contributed by atoms with Crippen LogP contribution in [0.4, 0.5) is 4.39 Å². The van der Waals surface area contributed by atoms with Gasteiger partial charge in [0.1, 0.15) is 36.8 Å². The van der Waals surface area contributed by atoms with Crippen molar-refractivity contribution in [1.29, 1.82) is 0 Å². The number of ether oxygens (including phenoxy) is 2. The predicted octanol–water partition coefficient (Wildman–Crippen LogP) is 5.35. The van der Waals surface area contributed by atoms with Crippen LogP contribution in [0.5, 0.6) is 11.5 Å². The molecule has 1 aromatic heterocycles. The van der Waals surface area contributed by atoms with Crippen LogP contribution < -0.4 is 14.8 Å². The number of rotatable bonds is 12. The number of aldehydes is 1. The van der Waals surface area contributed by atoms with E-state index in [1.54, 1.807) is 42.7 Å². The summed E-state index contributed by atoms with van der Waals surface area (Å²) < 4.78 is 27.2. The first kappa shape index (κ1) is 26.3. The Morgan fingerprint density at radius 3 is 2.51 bits per heavy atom. The van der Waals surface area contributed by atoms with E-state index in [-0.39, 0.29) is 32.2 Å². The monoisotopic (exact) mass is 520 g/mol. The van der Waals surface area contributed by atoms with Crippen molar-refractivity contribution in [1.82, 2.24) is 10.3 Å². The molecule has 3 aromatic carbocycles. The summed E-state index contributed by atoms with van der Waals surface area (Å²) in [4.78, 5) is 15.2. The van der Waals surface area contributed by atoms with Crippen LogP contribution in [0.2, 0.25) is 5.02 Å². The third-order valence-electron chi connectivity index (χ3n) is 5.69. The number of carbonyl (C=O) groups is 1. The zero-order valence-corrected chi connectivity index (χ0v) is 20.7.